The van der Waals surface area contributed by atoms with Crippen molar-refractivity contribution in [1.82, 2.24) is 5.32 Å². The number of benzene rings is 1. The third-order valence-electron chi connectivity index (χ3n) is 3.39. The molecule has 0 heterocycles. The lowest BCUT2D eigenvalue weighted by Gasteiger charge is -2.20. The Hall–Kier alpha value is -1.59. The second-order valence-electron chi connectivity index (χ2n) is 4.98. The van der Waals surface area contributed by atoms with Crippen LogP contribution in [0.1, 0.15) is 25.7 Å². The molecule has 1 aliphatic rings. The Balaban J connectivity index is 1.80. The molecule has 0 spiro atoms. The van der Waals surface area contributed by atoms with E-state index in [0.29, 0.717) is 23.6 Å². The number of rotatable bonds is 4. The molecule has 0 unspecified atom stereocenters. The number of hydrogen-bond donors (Lipinski definition) is 3. The Labute approximate surface area is 122 Å². The first kappa shape index (κ1) is 14.8. The molecule has 0 aromatic heterocycles. The Morgan fingerprint density at radius 2 is 1.80 bits per heavy atom. The summed E-state index contributed by atoms with van der Waals surface area (Å²) in [6.45, 7) is -0.163. The van der Waals surface area contributed by atoms with Crippen LogP contribution in [0, 0.1) is 0 Å². The van der Waals surface area contributed by atoms with Gasteiger partial charge in [0.2, 0.25) is 5.91 Å². The zero-order chi connectivity index (χ0) is 14.6. The van der Waals surface area contributed by atoms with E-state index in [9.17, 15) is 14.7 Å². The number of carbonyl (C=O) groups is 2. The van der Waals surface area contributed by atoms with Crippen molar-refractivity contribution in [1.29, 1.82) is 0 Å². The lowest BCUT2D eigenvalue weighted by molar-refractivity contribution is -0.140. The van der Waals surface area contributed by atoms with Gasteiger partial charge in [-0.25, -0.2) is 0 Å². The minimum absolute atomic E-state index is 0.163. The molecule has 1 aromatic carbocycles. The summed E-state index contributed by atoms with van der Waals surface area (Å²) in [6, 6.07) is 6.67. The molecule has 2 rings (SSSR count). The van der Waals surface area contributed by atoms with Crippen LogP contribution in [0.4, 0.5) is 5.69 Å². The summed E-state index contributed by atoms with van der Waals surface area (Å²) in [7, 11) is 0. The Morgan fingerprint density at radius 3 is 2.40 bits per heavy atom. The Morgan fingerprint density at radius 1 is 1.20 bits per heavy atom. The van der Waals surface area contributed by atoms with Crippen molar-refractivity contribution in [3.05, 3.63) is 29.3 Å². The molecule has 0 atom stereocenters. The van der Waals surface area contributed by atoms with Crippen LogP contribution in [0.3, 0.4) is 0 Å². The lowest BCUT2D eigenvalue weighted by Crippen LogP contribution is -2.47. The quantitative estimate of drug-likeness (QED) is 0.791. The number of aliphatic hydroxyl groups is 1. The normalized spacial score (nSPS) is 16.7. The van der Waals surface area contributed by atoms with Crippen LogP contribution >= 0.6 is 11.6 Å². The zero-order valence-corrected chi connectivity index (χ0v) is 11.7. The average Bonchev–Trinajstić information content (AvgIpc) is 2.87. The van der Waals surface area contributed by atoms with Gasteiger partial charge in [-0.1, -0.05) is 11.6 Å². The third kappa shape index (κ3) is 3.71. The van der Waals surface area contributed by atoms with Crippen molar-refractivity contribution in [2.24, 2.45) is 0 Å². The molecule has 1 fully saturated rings. The molecular formula is C14H17ClN2O3. The van der Waals surface area contributed by atoms with Gasteiger partial charge < -0.3 is 15.7 Å². The van der Waals surface area contributed by atoms with Crippen LogP contribution in [0.5, 0.6) is 0 Å². The average molecular weight is 297 g/mol. The van der Waals surface area contributed by atoms with Gasteiger partial charge in [-0.05, 0) is 49.9 Å². The maximum absolute atomic E-state index is 11.8. The van der Waals surface area contributed by atoms with E-state index >= 15 is 0 Å². The van der Waals surface area contributed by atoms with E-state index in [4.69, 9.17) is 11.6 Å². The summed E-state index contributed by atoms with van der Waals surface area (Å²) in [5.41, 5.74) is -0.700. The highest BCUT2D eigenvalue weighted by molar-refractivity contribution is 6.30. The predicted molar refractivity (Wildman–Crippen MR) is 76.5 cm³/mol. The second-order valence-corrected chi connectivity index (χ2v) is 5.41. The van der Waals surface area contributed by atoms with Crippen molar-refractivity contribution in [3.8, 4) is 0 Å². The number of hydrogen-bond acceptors (Lipinski definition) is 3. The number of carbonyl (C=O) groups excluding carboxylic acids is 2. The number of nitrogens with one attached hydrogen (secondary N) is 2. The van der Waals surface area contributed by atoms with E-state index in [1.807, 2.05) is 0 Å². The highest BCUT2D eigenvalue weighted by Gasteiger charge is 2.38. The minimum atomic E-state index is -1.31. The molecule has 2 amide bonds. The first-order chi connectivity index (χ1) is 9.49. The highest BCUT2D eigenvalue weighted by Crippen LogP contribution is 2.29. The van der Waals surface area contributed by atoms with Crippen molar-refractivity contribution >= 4 is 29.1 Å². The number of amides is 2. The summed E-state index contributed by atoms with van der Waals surface area (Å²) < 4.78 is 0. The molecule has 0 saturated heterocycles. The van der Waals surface area contributed by atoms with E-state index in [1.54, 1.807) is 24.3 Å². The van der Waals surface area contributed by atoms with Crippen molar-refractivity contribution < 1.29 is 14.7 Å². The number of halogens is 1. The summed E-state index contributed by atoms with van der Waals surface area (Å²) in [5.74, 6) is -0.816. The smallest absolute Gasteiger partial charge is 0.252 e. The molecule has 1 saturated carbocycles. The van der Waals surface area contributed by atoms with E-state index in [2.05, 4.69) is 10.6 Å². The van der Waals surface area contributed by atoms with Gasteiger partial charge in [-0.15, -0.1) is 0 Å². The van der Waals surface area contributed by atoms with Crippen LogP contribution in [0.2, 0.25) is 5.02 Å². The van der Waals surface area contributed by atoms with Crippen LogP contribution in [-0.4, -0.2) is 29.1 Å². The fourth-order valence-corrected chi connectivity index (χ4v) is 2.38. The summed E-state index contributed by atoms with van der Waals surface area (Å²) >= 11 is 5.74. The molecule has 0 radical (unpaired) electrons. The molecule has 0 aliphatic heterocycles. The molecule has 1 aliphatic carbocycles. The summed E-state index contributed by atoms with van der Waals surface area (Å²) in [5, 5.41) is 15.7. The van der Waals surface area contributed by atoms with E-state index in [1.165, 1.54) is 0 Å². The summed E-state index contributed by atoms with van der Waals surface area (Å²) in [4.78, 5) is 23.5. The molecule has 5 nitrogen and oxygen atoms in total. The monoisotopic (exact) mass is 296 g/mol. The molecule has 20 heavy (non-hydrogen) atoms. The fraction of sp³-hybridized carbons (Fsp3) is 0.429. The standard InChI is InChI=1S/C14H17ClN2O3/c15-10-3-5-11(6-4-10)17-12(18)9-16-13(19)14(20)7-1-2-8-14/h3-6,20H,1-2,7-9H2,(H,16,19)(H,17,18). The molecule has 1 aromatic rings. The van der Waals surface area contributed by atoms with Gasteiger partial charge in [-0.3, -0.25) is 9.59 Å². The molecular weight excluding hydrogens is 280 g/mol. The van der Waals surface area contributed by atoms with Gasteiger partial charge >= 0.3 is 0 Å². The zero-order valence-electron chi connectivity index (χ0n) is 11.0. The minimum Gasteiger partial charge on any atom is -0.380 e. The molecule has 6 heteroatoms. The Bertz CT molecular complexity index is 496. The predicted octanol–water partition coefficient (Wildman–Crippen LogP) is 1.70. The Kier molecular flexibility index (Phi) is 4.62. The van der Waals surface area contributed by atoms with Gasteiger partial charge in [0.15, 0.2) is 0 Å². The first-order valence-electron chi connectivity index (χ1n) is 6.56. The summed E-state index contributed by atoms with van der Waals surface area (Å²) in [6.07, 6.45) is 2.58. The van der Waals surface area contributed by atoms with Gasteiger partial charge in [0.25, 0.3) is 5.91 Å². The first-order valence-corrected chi connectivity index (χ1v) is 6.93. The third-order valence-corrected chi connectivity index (χ3v) is 3.64. The van der Waals surface area contributed by atoms with Crippen LogP contribution in [0.25, 0.3) is 0 Å². The second kappa shape index (κ2) is 6.24. The lowest BCUT2D eigenvalue weighted by atomic mass is 10.0. The van der Waals surface area contributed by atoms with Crippen LogP contribution in [-0.2, 0) is 9.59 Å². The maximum Gasteiger partial charge on any atom is 0.252 e. The van der Waals surface area contributed by atoms with E-state index < -0.39 is 11.5 Å². The topological polar surface area (TPSA) is 78.4 Å². The largest absolute Gasteiger partial charge is 0.380 e. The van der Waals surface area contributed by atoms with Gasteiger partial charge in [0.05, 0.1) is 6.54 Å². The van der Waals surface area contributed by atoms with Gasteiger partial charge in [0.1, 0.15) is 5.60 Å². The van der Waals surface area contributed by atoms with Crippen LogP contribution < -0.4 is 10.6 Å². The number of anilines is 1. The molecule has 3 N–H and O–H groups in total. The molecule has 108 valence electrons. The van der Waals surface area contributed by atoms with E-state index in [-0.39, 0.29) is 12.5 Å². The van der Waals surface area contributed by atoms with Gasteiger partial charge in [0, 0.05) is 10.7 Å². The maximum atomic E-state index is 11.8. The van der Waals surface area contributed by atoms with Crippen molar-refractivity contribution in [2.45, 2.75) is 31.3 Å². The van der Waals surface area contributed by atoms with Crippen molar-refractivity contribution in [2.75, 3.05) is 11.9 Å². The van der Waals surface area contributed by atoms with E-state index in [0.717, 1.165) is 12.8 Å². The van der Waals surface area contributed by atoms with Crippen LogP contribution in [0.15, 0.2) is 24.3 Å². The SMILES string of the molecule is O=C(CNC(=O)C1(O)CCCC1)Nc1ccc(Cl)cc1. The molecule has 0 bridgehead atoms. The fourth-order valence-electron chi connectivity index (χ4n) is 2.25. The van der Waals surface area contributed by atoms with Crippen molar-refractivity contribution in [3.63, 3.8) is 0 Å². The highest BCUT2D eigenvalue weighted by atomic mass is 35.5. The van der Waals surface area contributed by atoms with Gasteiger partial charge in [-0.2, -0.15) is 0 Å².